The third-order valence-corrected chi connectivity index (χ3v) is 7.81. The monoisotopic (exact) mass is 499 g/mol. The van der Waals surface area contributed by atoms with E-state index in [1.54, 1.807) is 0 Å². The molecule has 5 rings (SSSR count). The summed E-state index contributed by atoms with van der Waals surface area (Å²) in [5, 5.41) is 4.24. The smallest absolute Gasteiger partial charge is 0.328 e. The topological polar surface area (TPSA) is 71.7 Å². The summed E-state index contributed by atoms with van der Waals surface area (Å²) >= 11 is 0. The lowest BCUT2D eigenvalue weighted by Gasteiger charge is -2.47. The molecule has 37 heavy (non-hydrogen) atoms. The third-order valence-electron chi connectivity index (χ3n) is 7.81. The maximum absolute atomic E-state index is 14.1. The minimum Gasteiger partial charge on any atom is -0.361 e. The van der Waals surface area contributed by atoms with Gasteiger partial charge in [-0.15, -0.1) is 6.58 Å². The van der Waals surface area contributed by atoms with Crippen molar-refractivity contribution in [2.24, 2.45) is 5.92 Å². The van der Waals surface area contributed by atoms with Crippen LogP contribution >= 0.6 is 0 Å². The molecule has 2 unspecified atom stereocenters. The first-order chi connectivity index (χ1) is 18.0. The molecule has 1 saturated heterocycles. The Bertz CT molecular complexity index is 1270. The number of fused-ring (bicyclic) bond motifs is 2. The van der Waals surface area contributed by atoms with Gasteiger partial charge in [-0.05, 0) is 69.2 Å². The molecule has 1 fully saturated rings. The minimum atomic E-state index is -0.356. The average Bonchev–Trinajstić information content (AvgIpc) is 3.31. The molecule has 0 bridgehead atoms. The van der Waals surface area contributed by atoms with Gasteiger partial charge in [0.2, 0.25) is 5.91 Å². The molecular formula is C30H37N5O2. The predicted molar refractivity (Wildman–Crippen MR) is 149 cm³/mol. The van der Waals surface area contributed by atoms with E-state index in [1.165, 1.54) is 21.4 Å². The minimum absolute atomic E-state index is 0.0910. The zero-order chi connectivity index (χ0) is 25.9. The van der Waals surface area contributed by atoms with Crippen LogP contribution in [0.5, 0.6) is 0 Å². The number of rotatable bonds is 8. The molecule has 0 radical (unpaired) electrons. The molecule has 1 aliphatic carbocycles. The lowest BCUT2D eigenvalue weighted by molar-refractivity contribution is -0.135. The van der Waals surface area contributed by atoms with Crippen LogP contribution in [0.1, 0.15) is 29.9 Å². The van der Waals surface area contributed by atoms with Crippen LogP contribution in [0.3, 0.4) is 0 Å². The number of amides is 3. The molecule has 2 aliphatic rings. The predicted octanol–water partition coefficient (Wildman–Crippen LogP) is 4.70. The second-order valence-electron chi connectivity index (χ2n) is 10.6. The first-order valence-electron chi connectivity index (χ1n) is 13.2. The van der Waals surface area contributed by atoms with Crippen LogP contribution in [0.15, 0.2) is 67.4 Å². The maximum Gasteiger partial charge on any atom is 0.328 e. The number of nitrogens with one attached hydrogen (secondary N) is 2. The molecule has 2 aromatic carbocycles. The summed E-state index contributed by atoms with van der Waals surface area (Å²) in [6.45, 7) is 6.53. The zero-order valence-electron chi connectivity index (χ0n) is 21.8. The molecule has 0 spiro atoms. The molecule has 7 heteroatoms. The fourth-order valence-electron chi connectivity index (χ4n) is 6.14. The Balaban J connectivity index is 1.42. The van der Waals surface area contributed by atoms with Gasteiger partial charge in [0.25, 0.3) is 0 Å². The first kappa shape index (κ1) is 25.2. The van der Waals surface area contributed by atoms with Gasteiger partial charge in [-0.3, -0.25) is 14.6 Å². The van der Waals surface area contributed by atoms with Crippen LogP contribution in [0.25, 0.3) is 10.9 Å². The van der Waals surface area contributed by atoms with Crippen LogP contribution < -0.4 is 5.32 Å². The lowest BCUT2D eigenvalue weighted by Crippen LogP contribution is -2.54. The van der Waals surface area contributed by atoms with Crippen LogP contribution in [-0.2, 0) is 11.2 Å². The highest BCUT2D eigenvalue weighted by atomic mass is 16.2. The molecule has 7 nitrogen and oxygen atoms in total. The number of H-pyrrole nitrogens is 1. The summed E-state index contributed by atoms with van der Waals surface area (Å²) in [4.78, 5) is 36.8. The van der Waals surface area contributed by atoms with Crippen LogP contribution in [0.4, 0.5) is 10.5 Å². The van der Waals surface area contributed by atoms with Crippen LogP contribution in [-0.4, -0.2) is 77.9 Å². The molecule has 3 amide bonds. The van der Waals surface area contributed by atoms with Crippen molar-refractivity contribution in [3.8, 4) is 0 Å². The van der Waals surface area contributed by atoms with Crippen molar-refractivity contribution in [1.29, 1.82) is 0 Å². The first-order valence-corrected chi connectivity index (χ1v) is 13.2. The van der Waals surface area contributed by atoms with E-state index in [2.05, 4.69) is 51.1 Å². The molecule has 2 heterocycles. The van der Waals surface area contributed by atoms with Gasteiger partial charge >= 0.3 is 6.03 Å². The number of nitrogens with zero attached hydrogens (tertiary/aromatic N) is 3. The standard InChI is InChI=1S/C30H37N5O2/c1-4-14-34-20-22(17-25-24-12-8-13-26-28(24)21(19-31-26)18-27(25)34)29(36)35(16-9-15-33(2)3)30(37)32-23-10-6-5-7-11-23/h4-8,10-13,19,22,25,27,31H,1,9,14-18,20H2,2-3H3,(H,32,37)/t22?,25?,27-/m1/s1. The summed E-state index contributed by atoms with van der Waals surface area (Å²) in [5.41, 5.74) is 4.50. The highest BCUT2D eigenvalue weighted by Gasteiger charge is 2.44. The number of urea groups is 1. The van der Waals surface area contributed by atoms with Crippen molar-refractivity contribution in [1.82, 2.24) is 19.7 Å². The number of likely N-dealkylation sites (tertiary alicyclic amines) is 1. The molecule has 2 N–H and O–H groups in total. The van der Waals surface area contributed by atoms with E-state index in [4.69, 9.17) is 0 Å². The number of hydrogen-bond acceptors (Lipinski definition) is 4. The molecule has 194 valence electrons. The molecular weight excluding hydrogens is 462 g/mol. The largest absolute Gasteiger partial charge is 0.361 e. The number of piperidine rings is 1. The molecule has 3 atom stereocenters. The third kappa shape index (κ3) is 5.20. The number of imide groups is 1. The molecule has 1 aromatic heterocycles. The Morgan fingerprint density at radius 2 is 1.95 bits per heavy atom. The van der Waals surface area contributed by atoms with E-state index in [0.29, 0.717) is 24.8 Å². The van der Waals surface area contributed by atoms with Crippen LogP contribution in [0, 0.1) is 5.92 Å². The molecule has 0 saturated carbocycles. The van der Waals surface area contributed by atoms with Gasteiger partial charge in [0, 0.05) is 54.4 Å². The van der Waals surface area contributed by atoms with E-state index in [-0.39, 0.29) is 23.8 Å². The van der Waals surface area contributed by atoms with Crippen molar-refractivity contribution >= 4 is 28.5 Å². The highest BCUT2D eigenvalue weighted by Crippen LogP contribution is 2.45. The van der Waals surface area contributed by atoms with Gasteiger partial charge in [-0.25, -0.2) is 4.79 Å². The van der Waals surface area contributed by atoms with E-state index >= 15 is 0 Å². The fourth-order valence-corrected chi connectivity index (χ4v) is 6.14. The van der Waals surface area contributed by atoms with E-state index in [0.717, 1.165) is 37.9 Å². The van der Waals surface area contributed by atoms with Crippen molar-refractivity contribution in [2.45, 2.75) is 31.2 Å². The van der Waals surface area contributed by atoms with E-state index in [9.17, 15) is 9.59 Å². The van der Waals surface area contributed by atoms with Crippen molar-refractivity contribution in [3.05, 3.63) is 78.5 Å². The lowest BCUT2D eigenvalue weighted by atomic mass is 9.72. The second-order valence-corrected chi connectivity index (χ2v) is 10.6. The van der Waals surface area contributed by atoms with Gasteiger partial charge in [0.15, 0.2) is 0 Å². The SMILES string of the molecule is C=CCN1CC(C(=O)N(CCCN(C)C)C(=O)Nc2ccccc2)CC2c3cccc4[nH]cc(c34)C[C@H]21. The number of carbonyl (C=O) groups is 2. The fraction of sp³-hybridized carbons (Fsp3) is 0.400. The Morgan fingerprint density at radius 1 is 1.14 bits per heavy atom. The quantitative estimate of drug-likeness (QED) is 0.441. The number of carbonyl (C=O) groups excluding carboxylic acids is 2. The van der Waals surface area contributed by atoms with Gasteiger partial charge in [-0.2, -0.15) is 0 Å². The van der Waals surface area contributed by atoms with E-state index < -0.39 is 0 Å². The normalized spacial score (nSPS) is 21.0. The summed E-state index contributed by atoms with van der Waals surface area (Å²) in [6.07, 6.45) is 6.48. The Hall–Kier alpha value is -3.42. The van der Waals surface area contributed by atoms with Gasteiger partial charge in [0.05, 0.1) is 5.92 Å². The molecule has 1 aliphatic heterocycles. The Morgan fingerprint density at radius 3 is 2.70 bits per heavy atom. The summed E-state index contributed by atoms with van der Waals surface area (Å²) in [6, 6.07) is 15.7. The van der Waals surface area contributed by atoms with Crippen LogP contribution in [0.2, 0.25) is 0 Å². The van der Waals surface area contributed by atoms with Crippen molar-refractivity contribution in [2.75, 3.05) is 45.6 Å². The van der Waals surface area contributed by atoms with Crippen molar-refractivity contribution in [3.63, 3.8) is 0 Å². The van der Waals surface area contributed by atoms with Gasteiger partial charge in [0.1, 0.15) is 0 Å². The number of aromatic nitrogens is 1. The number of para-hydroxylation sites is 1. The van der Waals surface area contributed by atoms with Gasteiger partial charge < -0.3 is 15.2 Å². The summed E-state index contributed by atoms with van der Waals surface area (Å²) in [5.74, 6) is -0.125. The summed E-state index contributed by atoms with van der Waals surface area (Å²) in [7, 11) is 4.01. The summed E-state index contributed by atoms with van der Waals surface area (Å²) < 4.78 is 0. The maximum atomic E-state index is 14.1. The second kappa shape index (κ2) is 10.9. The zero-order valence-corrected chi connectivity index (χ0v) is 21.8. The number of hydrogen-bond donors (Lipinski definition) is 2. The van der Waals surface area contributed by atoms with Crippen molar-refractivity contribution < 1.29 is 9.59 Å². The van der Waals surface area contributed by atoms with E-state index in [1.807, 2.05) is 50.5 Å². The van der Waals surface area contributed by atoms with Gasteiger partial charge in [-0.1, -0.05) is 36.4 Å². The average molecular weight is 500 g/mol. The Labute approximate surface area is 219 Å². The number of benzene rings is 2. The number of aromatic amines is 1. The molecule has 3 aromatic rings. The highest BCUT2D eigenvalue weighted by molar-refractivity contribution is 6.02. The Kier molecular flexibility index (Phi) is 7.44. The number of anilines is 1.